The van der Waals surface area contributed by atoms with Gasteiger partial charge in [-0.25, -0.2) is 4.67 Å². The summed E-state index contributed by atoms with van der Waals surface area (Å²) < 4.78 is 7.69. The van der Waals surface area contributed by atoms with Crippen molar-refractivity contribution >= 4 is 28.8 Å². The largest absolute Gasteiger partial charge is 0.329 e. The highest BCUT2D eigenvalue weighted by Crippen LogP contribution is 2.62. The molecule has 0 aromatic carbocycles. The van der Waals surface area contributed by atoms with Gasteiger partial charge in [0.25, 0.3) is 0 Å². The fourth-order valence-corrected chi connectivity index (χ4v) is 4.31. The summed E-state index contributed by atoms with van der Waals surface area (Å²) in [5.74, 6) is 2.90. The van der Waals surface area contributed by atoms with Crippen molar-refractivity contribution in [2.45, 2.75) is 0 Å². The maximum absolute atomic E-state index is 5.60. The molecule has 68 valence electrons. The summed E-state index contributed by atoms with van der Waals surface area (Å²) in [5.41, 5.74) is -1.75. The SMILES string of the molecule is C#CC1COP(=S)(SC)N(C)C1. The van der Waals surface area contributed by atoms with Crippen molar-refractivity contribution in [3.05, 3.63) is 0 Å². The topological polar surface area (TPSA) is 12.5 Å². The molecule has 0 aromatic heterocycles. The molecule has 0 spiro atoms. The number of rotatable bonds is 1. The van der Waals surface area contributed by atoms with Gasteiger partial charge in [-0.2, -0.15) is 0 Å². The van der Waals surface area contributed by atoms with Crippen LogP contribution in [0, 0.1) is 18.3 Å². The van der Waals surface area contributed by atoms with Gasteiger partial charge in [0.05, 0.1) is 12.5 Å². The molecule has 1 aliphatic rings. The van der Waals surface area contributed by atoms with E-state index in [2.05, 4.69) is 10.6 Å². The van der Waals surface area contributed by atoms with Gasteiger partial charge in [-0.15, -0.1) is 6.42 Å². The third-order valence-electron chi connectivity index (χ3n) is 1.81. The monoisotopic (exact) mass is 221 g/mol. The van der Waals surface area contributed by atoms with Crippen LogP contribution in [0.2, 0.25) is 0 Å². The normalized spacial score (nSPS) is 37.6. The smallest absolute Gasteiger partial charge is 0.188 e. The number of hydrogen-bond acceptors (Lipinski definition) is 3. The number of nitrogens with zero attached hydrogens (tertiary/aromatic N) is 1. The summed E-state index contributed by atoms with van der Waals surface area (Å²) in [6.45, 7) is 1.49. The minimum atomic E-state index is -1.75. The number of hydrogen-bond donors (Lipinski definition) is 0. The minimum absolute atomic E-state index is 0.207. The highest BCUT2D eigenvalue weighted by molar-refractivity contribution is 8.68. The summed E-state index contributed by atoms with van der Waals surface area (Å²) >= 11 is 7.02. The van der Waals surface area contributed by atoms with Crippen LogP contribution in [0.3, 0.4) is 0 Å². The van der Waals surface area contributed by atoms with Crippen molar-refractivity contribution in [2.24, 2.45) is 5.92 Å². The van der Waals surface area contributed by atoms with Crippen molar-refractivity contribution in [3.8, 4) is 12.3 Å². The Labute approximate surface area is 82.9 Å². The van der Waals surface area contributed by atoms with Crippen molar-refractivity contribution in [1.29, 1.82) is 0 Å². The molecule has 0 saturated carbocycles. The van der Waals surface area contributed by atoms with Gasteiger partial charge in [-0.05, 0) is 25.1 Å². The van der Waals surface area contributed by atoms with Gasteiger partial charge in [0, 0.05) is 6.54 Å². The summed E-state index contributed by atoms with van der Waals surface area (Å²) in [4.78, 5) is 0. The minimum Gasteiger partial charge on any atom is -0.329 e. The maximum atomic E-state index is 5.60. The third kappa shape index (κ3) is 2.04. The molecule has 5 heteroatoms. The van der Waals surface area contributed by atoms with Crippen LogP contribution in [-0.2, 0) is 16.3 Å². The van der Waals surface area contributed by atoms with E-state index in [1.54, 1.807) is 11.4 Å². The molecule has 1 rings (SSSR count). The van der Waals surface area contributed by atoms with Gasteiger partial charge < -0.3 is 4.52 Å². The molecule has 0 radical (unpaired) electrons. The first-order chi connectivity index (χ1) is 5.62. The van der Waals surface area contributed by atoms with E-state index in [4.69, 9.17) is 22.8 Å². The summed E-state index contributed by atoms with van der Waals surface area (Å²) in [6, 6.07) is 0. The molecule has 0 aliphatic carbocycles. The Balaban J connectivity index is 2.67. The quantitative estimate of drug-likeness (QED) is 0.494. The van der Waals surface area contributed by atoms with Crippen LogP contribution in [0.4, 0.5) is 0 Å². The Morgan fingerprint density at radius 3 is 2.92 bits per heavy atom. The van der Waals surface area contributed by atoms with Gasteiger partial charge in [0.2, 0.25) is 0 Å². The average molecular weight is 221 g/mol. The Morgan fingerprint density at radius 1 is 1.83 bits per heavy atom. The van der Waals surface area contributed by atoms with Crippen LogP contribution in [0.15, 0.2) is 0 Å². The first kappa shape index (κ1) is 10.6. The lowest BCUT2D eigenvalue weighted by Gasteiger charge is -2.36. The molecule has 1 aliphatic heterocycles. The highest BCUT2D eigenvalue weighted by atomic mass is 32.9. The lowest BCUT2D eigenvalue weighted by molar-refractivity contribution is 0.231. The van der Waals surface area contributed by atoms with E-state index >= 15 is 0 Å². The third-order valence-corrected chi connectivity index (χ3v) is 8.78. The van der Waals surface area contributed by atoms with Crippen LogP contribution in [0.5, 0.6) is 0 Å². The van der Waals surface area contributed by atoms with Crippen molar-refractivity contribution < 1.29 is 4.52 Å². The van der Waals surface area contributed by atoms with E-state index in [1.165, 1.54) is 0 Å². The van der Waals surface area contributed by atoms with Crippen LogP contribution in [-0.4, -0.2) is 31.1 Å². The van der Waals surface area contributed by atoms with E-state index in [1.807, 2.05) is 13.3 Å². The van der Waals surface area contributed by atoms with Gasteiger partial charge >= 0.3 is 0 Å². The first-order valence-corrected chi connectivity index (χ1v) is 8.10. The van der Waals surface area contributed by atoms with Crippen LogP contribution in [0.1, 0.15) is 0 Å². The molecule has 2 nitrogen and oxygen atoms in total. The molecular formula is C7H12NOPS2. The van der Waals surface area contributed by atoms with Crippen molar-refractivity contribution in [2.75, 3.05) is 26.5 Å². The van der Waals surface area contributed by atoms with E-state index in [-0.39, 0.29) is 5.92 Å². The van der Waals surface area contributed by atoms with E-state index in [0.29, 0.717) is 6.61 Å². The Hall–Kier alpha value is 0.480. The molecule has 2 unspecified atom stereocenters. The highest BCUT2D eigenvalue weighted by Gasteiger charge is 2.30. The average Bonchev–Trinajstić information content (AvgIpc) is 2.10. The van der Waals surface area contributed by atoms with Crippen LogP contribution < -0.4 is 0 Å². The zero-order valence-electron chi connectivity index (χ0n) is 7.19. The second-order valence-electron chi connectivity index (χ2n) is 2.65. The predicted molar refractivity (Wildman–Crippen MR) is 58.7 cm³/mol. The van der Waals surface area contributed by atoms with Gasteiger partial charge in [0.1, 0.15) is 0 Å². The molecule has 0 amide bonds. The Kier molecular flexibility index (Phi) is 3.63. The lowest BCUT2D eigenvalue weighted by atomic mass is 10.2. The van der Waals surface area contributed by atoms with Crippen molar-refractivity contribution in [1.82, 2.24) is 4.67 Å². The molecule has 12 heavy (non-hydrogen) atoms. The van der Waals surface area contributed by atoms with E-state index in [9.17, 15) is 0 Å². The summed E-state index contributed by atoms with van der Waals surface area (Å²) in [6.07, 6.45) is 7.30. The maximum Gasteiger partial charge on any atom is 0.188 e. The van der Waals surface area contributed by atoms with E-state index in [0.717, 1.165) is 6.54 Å². The van der Waals surface area contributed by atoms with Gasteiger partial charge in [0.15, 0.2) is 5.62 Å². The molecular weight excluding hydrogens is 209 g/mol. The second kappa shape index (κ2) is 4.13. The van der Waals surface area contributed by atoms with E-state index < -0.39 is 5.62 Å². The molecule has 0 aromatic rings. The second-order valence-corrected chi connectivity index (χ2v) is 9.65. The molecule has 2 atom stereocenters. The van der Waals surface area contributed by atoms with Crippen molar-refractivity contribution in [3.63, 3.8) is 0 Å². The van der Waals surface area contributed by atoms with Crippen LogP contribution >= 0.6 is 17.0 Å². The lowest BCUT2D eigenvalue weighted by Crippen LogP contribution is -2.30. The fourth-order valence-electron chi connectivity index (χ4n) is 1.05. The Morgan fingerprint density at radius 2 is 2.50 bits per heavy atom. The first-order valence-electron chi connectivity index (χ1n) is 3.60. The summed E-state index contributed by atoms with van der Waals surface area (Å²) in [5, 5.41) is 0. The zero-order valence-corrected chi connectivity index (χ0v) is 9.72. The predicted octanol–water partition coefficient (Wildman–Crippen LogP) is 1.79. The van der Waals surface area contributed by atoms with Gasteiger partial charge in [-0.1, -0.05) is 17.3 Å². The standard InChI is InChI=1S/C7H12NOPS2/c1-4-7-5-8(2)10(11,12-3)9-6-7/h1,7H,5-6H2,2-3H3. The fraction of sp³-hybridized carbons (Fsp3) is 0.714. The van der Waals surface area contributed by atoms with Gasteiger partial charge in [-0.3, -0.25) is 0 Å². The molecule has 0 bridgehead atoms. The van der Waals surface area contributed by atoms with Crippen LogP contribution in [0.25, 0.3) is 0 Å². The summed E-state index contributed by atoms with van der Waals surface area (Å²) in [7, 11) is 1.99. The molecule has 1 saturated heterocycles. The molecule has 1 fully saturated rings. The Bertz CT molecular complexity index is 250. The molecule has 0 N–H and O–H groups in total. The number of terminal acetylenes is 1. The zero-order chi connectivity index (χ0) is 9.19. The molecule has 1 heterocycles.